The Morgan fingerprint density at radius 1 is 1.00 bits per heavy atom. The molecule has 4 atom stereocenters. The first-order chi connectivity index (χ1) is 8.83. The third kappa shape index (κ3) is 1.44. The molecule has 0 aliphatic carbocycles. The Morgan fingerprint density at radius 3 is 2.78 bits per heavy atom. The molecule has 3 heterocycles. The molecule has 0 bridgehead atoms. The van der Waals surface area contributed by atoms with Gasteiger partial charge in [-0.25, -0.2) is 0 Å². The molecule has 4 rings (SSSR count). The van der Waals surface area contributed by atoms with E-state index in [2.05, 4.69) is 0 Å². The summed E-state index contributed by atoms with van der Waals surface area (Å²) < 4.78 is 21.7. The lowest BCUT2D eigenvalue weighted by Gasteiger charge is -2.16. The fraction of sp³-hybridized carbons (Fsp3) is 0.538. The van der Waals surface area contributed by atoms with Gasteiger partial charge in [0.25, 0.3) is 0 Å². The average Bonchev–Trinajstić information content (AvgIpc) is 3.06. The molecule has 2 saturated heterocycles. The summed E-state index contributed by atoms with van der Waals surface area (Å²) in [6.45, 7) is 1.37. The fourth-order valence-corrected chi connectivity index (χ4v) is 2.96. The molecule has 0 aromatic heterocycles. The van der Waals surface area contributed by atoms with E-state index in [0.29, 0.717) is 13.2 Å². The topological polar surface area (TPSA) is 57.2 Å². The first kappa shape index (κ1) is 10.6. The van der Waals surface area contributed by atoms with Crippen LogP contribution in [0.15, 0.2) is 18.2 Å². The van der Waals surface area contributed by atoms with Crippen molar-refractivity contribution in [2.45, 2.75) is 12.4 Å². The second-order valence-electron chi connectivity index (χ2n) is 4.92. The summed E-state index contributed by atoms with van der Waals surface area (Å²) in [6.07, 6.45) is -0.712. The van der Waals surface area contributed by atoms with E-state index >= 15 is 0 Å². The maximum Gasteiger partial charge on any atom is 0.231 e. The van der Waals surface area contributed by atoms with Crippen molar-refractivity contribution in [3.05, 3.63) is 23.8 Å². The van der Waals surface area contributed by atoms with Crippen LogP contribution in [0.5, 0.6) is 11.5 Å². The monoisotopic (exact) mass is 250 g/mol. The predicted molar refractivity (Wildman–Crippen MR) is 60.2 cm³/mol. The van der Waals surface area contributed by atoms with Gasteiger partial charge >= 0.3 is 0 Å². The van der Waals surface area contributed by atoms with Crippen LogP contribution < -0.4 is 9.47 Å². The first-order valence-electron chi connectivity index (χ1n) is 6.14. The molecule has 3 aliphatic rings. The molecule has 0 radical (unpaired) electrons. The standard InChI is InChI=1S/C13H14O5/c14-13-9-5-15-12(8(9)4-16-13)7-1-2-10-11(3-7)18-6-17-10/h1-3,8-9,12-14H,4-6H2/t8-,9-,12+,13+/m0/s1. The summed E-state index contributed by atoms with van der Waals surface area (Å²) >= 11 is 0. The summed E-state index contributed by atoms with van der Waals surface area (Å²) in [4.78, 5) is 0. The highest BCUT2D eigenvalue weighted by molar-refractivity contribution is 5.45. The molecule has 0 spiro atoms. The second kappa shape index (κ2) is 3.85. The molecule has 2 fully saturated rings. The van der Waals surface area contributed by atoms with Crippen LogP contribution in [0.1, 0.15) is 11.7 Å². The smallest absolute Gasteiger partial charge is 0.231 e. The molecule has 5 nitrogen and oxygen atoms in total. The number of aliphatic hydroxyl groups excluding tert-OH is 1. The maximum absolute atomic E-state index is 9.67. The summed E-state index contributed by atoms with van der Waals surface area (Å²) in [5.74, 6) is 1.84. The Bertz CT molecular complexity index is 474. The van der Waals surface area contributed by atoms with Gasteiger partial charge in [-0.3, -0.25) is 0 Å². The van der Waals surface area contributed by atoms with Crippen molar-refractivity contribution in [3.8, 4) is 11.5 Å². The van der Waals surface area contributed by atoms with E-state index in [-0.39, 0.29) is 24.7 Å². The third-order valence-electron chi connectivity index (χ3n) is 3.96. The predicted octanol–water partition coefficient (Wildman–Crippen LogP) is 1.07. The van der Waals surface area contributed by atoms with Crippen LogP contribution in [0.4, 0.5) is 0 Å². The van der Waals surface area contributed by atoms with Crippen LogP contribution in [0, 0.1) is 11.8 Å². The molecular formula is C13H14O5. The van der Waals surface area contributed by atoms with Gasteiger partial charge in [0.05, 0.1) is 19.3 Å². The van der Waals surface area contributed by atoms with Crippen LogP contribution >= 0.6 is 0 Å². The number of fused-ring (bicyclic) bond motifs is 2. The van der Waals surface area contributed by atoms with Crippen LogP contribution in [-0.4, -0.2) is 31.4 Å². The molecule has 1 aromatic carbocycles. The van der Waals surface area contributed by atoms with E-state index < -0.39 is 6.29 Å². The van der Waals surface area contributed by atoms with Crippen molar-refractivity contribution in [1.29, 1.82) is 0 Å². The number of hydrogen-bond donors (Lipinski definition) is 1. The Balaban J connectivity index is 1.64. The zero-order chi connectivity index (χ0) is 12.1. The molecule has 18 heavy (non-hydrogen) atoms. The van der Waals surface area contributed by atoms with Crippen LogP contribution in [0.3, 0.4) is 0 Å². The summed E-state index contributed by atoms with van der Waals surface area (Å²) in [5.41, 5.74) is 1.06. The Labute approximate surface area is 104 Å². The van der Waals surface area contributed by atoms with Gasteiger partial charge in [0.2, 0.25) is 6.79 Å². The third-order valence-corrected chi connectivity index (χ3v) is 3.96. The van der Waals surface area contributed by atoms with Gasteiger partial charge in [0.15, 0.2) is 17.8 Å². The average molecular weight is 250 g/mol. The molecule has 96 valence electrons. The normalized spacial score (nSPS) is 36.9. The van der Waals surface area contributed by atoms with Crippen LogP contribution in [-0.2, 0) is 9.47 Å². The van der Waals surface area contributed by atoms with Crippen molar-refractivity contribution in [1.82, 2.24) is 0 Å². The SMILES string of the molecule is O[C@@H]1OC[C@H]2[C@@H]1CO[C@@H]2c1ccc2c(c1)OCO2. The van der Waals surface area contributed by atoms with Gasteiger partial charge in [0.1, 0.15) is 0 Å². The van der Waals surface area contributed by atoms with Gasteiger partial charge in [0, 0.05) is 11.8 Å². The minimum Gasteiger partial charge on any atom is -0.454 e. The molecule has 5 heteroatoms. The Hall–Kier alpha value is -1.30. The highest BCUT2D eigenvalue weighted by atomic mass is 16.7. The van der Waals surface area contributed by atoms with E-state index in [1.807, 2.05) is 18.2 Å². The van der Waals surface area contributed by atoms with Crippen molar-refractivity contribution in [3.63, 3.8) is 0 Å². The zero-order valence-corrected chi connectivity index (χ0v) is 9.74. The Kier molecular flexibility index (Phi) is 2.27. The lowest BCUT2D eigenvalue weighted by Crippen LogP contribution is -2.19. The van der Waals surface area contributed by atoms with E-state index in [0.717, 1.165) is 17.1 Å². The summed E-state index contributed by atoms with van der Waals surface area (Å²) in [6, 6.07) is 5.85. The van der Waals surface area contributed by atoms with E-state index in [4.69, 9.17) is 18.9 Å². The van der Waals surface area contributed by atoms with Crippen molar-refractivity contribution >= 4 is 0 Å². The van der Waals surface area contributed by atoms with E-state index in [9.17, 15) is 5.11 Å². The van der Waals surface area contributed by atoms with Gasteiger partial charge in [-0.05, 0) is 17.7 Å². The molecular weight excluding hydrogens is 236 g/mol. The molecule has 3 aliphatic heterocycles. The lowest BCUT2D eigenvalue weighted by atomic mass is 9.89. The van der Waals surface area contributed by atoms with E-state index in [1.165, 1.54) is 0 Å². The van der Waals surface area contributed by atoms with Crippen molar-refractivity contribution in [2.75, 3.05) is 20.0 Å². The molecule has 1 N–H and O–H groups in total. The molecule has 0 unspecified atom stereocenters. The van der Waals surface area contributed by atoms with Crippen molar-refractivity contribution < 1.29 is 24.1 Å². The number of aliphatic hydroxyl groups is 1. The minimum absolute atomic E-state index is 0.0263. The number of benzene rings is 1. The van der Waals surface area contributed by atoms with Crippen molar-refractivity contribution in [2.24, 2.45) is 11.8 Å². The lowest BCUT2D eigenvalue weighted by molar-refractivity contribution is -0.0961. The van der Waals surface area contributed by atoms with Gasteiger partial charge in [-0.2, -0.15) is 0 Å². The molecule has 1 aromatic rings. The summed E-state index contributed by atoms with van der Waals surface area (Å²) in [7, 11) is 0. The number of hydrogen-bond acceptors (Lipinski definition) is 5. The number of ether oxygens (including phenoxy) is 4. The molecule has 0 amide bonds. The van der Waals surface area contributed by atoms with Gasteiger partial charge in [-0.1, -0.05) is 6.07 Å². The zero-order valence-electron chi connectivity index (χ0n) is 9.74. The highest BCUT2D eigenvalue weighted by Gasteiger charge is 2.47. The maximum atomic E-state index is 9.67. The first-order valence-corrected chi connectivity index (χ1v) is 6.14. The largest absolute Gasteiger partial charge is 0.454 e. The van der Waals surface area contributed by atoms with Crippen LogP contribution in [0.25, 0.3) is 0 Å². The fourth-order valence-electron chi connectivity index (χ4n) is 2.96. The van der Waals surface area contributed by atoms with Gasteiger partial charge < -0.3 is 24.1 Å². The number of rotatable bonds is 1. The molecule has 0 saturated carbocycles. The van der Waals surface area contributed by atoms with E-state index in [1.54, 1.807) is 0 Å². The highest BCUT2D eigenvalue weighted by Crippen LogP contribution is 2.46. The van der Waals surface area contributed by atoms with Crippen LogP contribution in [0.2, 0.25) is 0 Å². The summed E-state index contributed by atoms with van der Waals surface area (Å²) in [5, 5.41) is 9.67. The minimum atomic E-state index is -0.686. The second-order valence-corrected chi connectivity index (χ2v) is 4.92. The Morgan fingerprint density at radius 2 is 1.83 bits per heavy atom. The quantitative estimate of drug-likeness (QED) is 0.808. The van der Waals surface area contributed by atoms with Gasteiger partial charge in [-0.15, -0.1) is 0 Å².